The van der Waals surface area contributed by atoms with Gasteiger partial charge >= 0.3 is 0 Å². The Bertz CT molecular complexity index is 789. The fourth-order valence-electron chi connectivity index (χ4n) is 2.24. The maximum absolute atomic E-state index is 12.4. The standard InChI is InChI=1S/C12H15N5O3S2/c1-8-15-16-12(21-8)14-11(18)10-6-9(7-13-10)22(19,20)17-4-2-3-5-17/h6-7,13H,2-5H2,1H3,(H,14,16,18). The molecule has 2 N–H and O–H groups in total. The van der Waals surface area contributed by atoms with E-state index in [1.807, 2.05) is 0 Å². The highest BCUT2D eigenvalue weighted by molar-refractivity contribution is 7.89. The number of amides is 1. The molecule has 10 heteroatoms. The van der Waals surface area contributed by atoms with Crippen molar-refractivity contribution >= 4 is 32.4 Å². The summed E-state index contributed by atoms with van der Waals surface area (Å²) in [5.41, 5.74) is 0.172. The van der Waals surface area contributed by atoms with Gasteiger partial charge in [-0.25, -0.2) is 8.42 Å². The van der Waals surface area contributed by atoms with E-state index in [0.29, 0.717) is 18.2 Å². The Balaban J connectivity index is 1.77. The Kier molecular flexibility index (Phi) is 3.98. The molecule has 1 fully saturated rings. The number of H-pyrrole nitrogens is 1. The number of nitrogens with one attached hydrogen (secondary N) is 2. The van der Waals surface area contributed by atoms with E-state index in [4.69, 9.17) is 0 Å². The molecule has 0 bridgehead atoms. The molecule has 8 nitrogen and oxygen atoms in total. The van der Waals surface area contributed by atoms with Crippen LogP contribution in [0.15, 0.2) is 17.2 Å². The molecule has 1 aliphatic rings. The van der Waals surface area contributed by atoms with Gasteiger partial charge in [-0.2, -0.15) is 4.31 Å². The minimum absolute atomic E-state index is 0.105. The van der Waals surface area contributed by atoms with Crippen molar-refractivity contribution in [3.63, 3.8) is 0 Å². The van der Waals surface area contributed by atoms with Crippen LogP contribution in [-0.4, -0.2) is 46.9 Å². The second-order valence-corrected chi connectivity index (χ2v) is 8.06. The van der Waals surface area contributed by atoms with E-state index in [2.05, 4.69) is 20.5 Å². The maximum atomic E-state index is 12.4. The number of sulfonamides is 1. The molecule has 2 aromatic heterocycles. The minimum atomic E-state index is -3.52. The molecule has 0 aromatic carbocycles. The molecule has 0 radical (unpaired) electrons. The molecule has 1 saturated heterocycles. The fraction of sp³-hybridized carbons (Fsp3) is 0.417. The molecule has 118 valence electrons. The maximum Gasteiger partial charge on any atom is 0.273 e. The first-order valence-corrected chi connectivity index (χ1v) is 9.02. The smallest absolute Gasteiger partial charge is 0.273 e. The molecule has 2 aromatic rings. The third-order valence-corrected chi connectivity index (χ3v) is 5.98. The van der Waals surface area contributed by atoms with Crippen molar-refractivity contribution in [2.45, 2.75) is 24.7 Å². The molecule has 22 heavy (non-hydrogen) atoms. The van der Waals surface area contributed by atoms with Crippen molar-refractivity contribution in [3.8, 4) is 0 Å². The number of aromatic nitrogens is 3. The van der Waals surface area contributed by atoms with Crippen LogP contribution < -0.4 is 5.32 Å². The van der Waals surface area contributed by atoms with E-state index in [1.54, 1.807) is 6.92 Å². The van der Waals surface area contributed by atoms with Gasteiger partial charge in [0.2, 0.25) is 15.2 Å². The second kappa shape index (κ2) is 5.78. The van der Waals surface area contributed by atoms with Gasteiger partial charge in [-0.05, 0) is 25.8 Å². The fourth-order valence-corrected chi connectivity index (χ4v) is 4.34. The second-order valence-electron chi connectivity index (χ2n) is 4.94. The topological polar surface area (TPSA) is 108 Å². The molecule has 1 aliphatic heterocycles. The predicted molar refractivity (Wildman–Crippen MR) is 81.4 cm³/mol. The first-order valence-electron chi connectivity index (χ1n) is 6.77. The third kappa shape index (κ3) is 2.89. The van der Waals surface area contributed by atoms with Crippen molar-refractivity contribution in [2.75, 3.05) is 18.4 Å². The highest BCUT2D eigenvalue weighted by atomic mass is 32.2. The van der Waals surface area contributed by atoms with Gasteiger partial charge in [0.05, 0.1) is 0 Å². The van der Waals surface area contributed by atoms with Gasteiger partial charge < -0.3 is 4.98 Å². The largest absolute Gasteiger partial charge is 0.356 e. The number of carbonyl (C=O) groups excluding carboxylic acids is 1. The van der Waals surface area contributed by atoms with Crippen molar-refractivity contribution in [2.24, 2.45) is 0 Å². The molecule has 0 atom stereocenters. The Morgan fingerprint density at radius 1 is 1.36 bits per heavy atom. The summed E-state index contributed by atoms with van der Waals surface area (Å²) in [4.78, 5) is 14.9. The van der Waals surface area contributed by atoms with Crippen molar-refractivity contribution in [1.82, 2.24) is 19.5 Å². The lowest BCUT2D eigenvalue weighted by molar-refractivity contribution is 0.102. The van der Waals surface area contributed by atoms with E-state index in [-0.39, 0.29) is 10.6 Å². The van der Waals surface area contributed by atoms with E-state index < -0.39 is 15.9 Å². The lowest BCUT2D eigenvalue weighted by Gasteiger charge is -2.13. The number of rotatable bonds is 4. The van der Waals surface area contributed by atoms with E-state index in [9.17, 15) is 13.2 Å². The summed E-state index contributed by atoms with van der Waals surface area (Å²) >= 11 is 1.25. The van der Waals surface area contributed by atoms with Crippen LogP contribution in [0.2, 0.25) is 0 Å². The number of anilines is 1. The molecule has 0 spiro atoms. The lowest BCUT2D eigenvalue weighted by atomic mass is 10.4. The summed E-state index contributed by atoms with van der Waals surface area (Å²) in [5, 5.41) is 11.3. The Morgan fingerprint density at radius 3 is 2.73 bits per heavy atom. The highest BCUT2D eigenvalue weighted by Gasteiger charge is 2.28. The zero-order valence-electron chi connectivity index (χ0n) is 11.9. The van der Waals surface area contributed by atoms with Crippen LogP contribution in [0.3, 0.4) is 0 Å². The number of aromatic amines is 1. The zero-order chi connectivity index (χ0) is 15.7. The SMILES string of the molecule is Cc1nnc(NC(=O)c2cc(S(=O)(=O)N3CCCC3)c[nH]2)s1. The normalized spacial score (nSPS) is 16.0. The van der Waals surface area contributed by atoms with Gasteiger partial charge in [-0.15, -0.1) is 10.2 Å². The van der Waals surface area contributed by atoms with Crippen LogP contribution in [-0.2, 0) is 10.0 Å². The molecule has 3 rings (SSSR count). The van der Waals surface area contributed by atoms with Crippen LogP contribution in [0.25, 0.3) is 0 Å². The number of hydrogen-bond donors (Lipinski definition) is 2. The summed E-state index contributed by atoms with van der Waals surface area (Å²) in [7, 11) is -3.52. The average Bonchev–Trinajstić information content (AvgIpc) is 3.20. The molecule has 1 amide bonds. The molecular weight excluding hydrogens is 326 g/mol. The van der Waals surface area contributed by atoms with Crippen LogP contribution >= 0.6 is 11.3 Å². The Morgan fingerprint density at radius 2 is 2.09 bits per heavy atom. The first-order chi connectivity index (χ1) is 10.5. The summed E-state index contributed by atoms with van der Waals surface area (Å²) in [6.07, 6.45) is 3.08. The summed E-state index contributed by atoms with van der Waals surface area (Å²) in [5.74, 6) is -0.445. The van der Waals surface area contributed by atoms with Crippen molar-refractivity contribution in [1.29, 1.82) is 0 Å². The quantitative estimate of drug-likeness (QED) is 0.869. The van der Waals surface area contributed by atoms with Gasteiger partial charge in [0.15, 0.2) is 0 Å². The molecule has 0 aliphatic carbocycles. The molecule has 0 saturated carbocycles. The highest BCUT2D eigenvalue weighted by Crippen LogP contribution is 2.22. The van der Waals surface area contributed by atoms with E-state index in [0.717, 1.165) is 17.8 Å². The van der Waals surface area contributed by atoms with E-state index in [1.165, 1.54) is 27.9 Å². The Hall–Kier alpha value is -1.78. The van der Waals surface area contributed by atoms with Gasteiger partial charge in [-0.1, -0.05) is 11.3 Å². The Labute approximate surface area is 131 Å². The van der Waals surface area contributed by atoms with Crippen molar-refractivity contribution < 1.29 is 13.2 Å². The molecular formula is C12H15N5O3S2. The number of nitrogens with zero attached hydrogens (tertiary/aromatic N) is 3. The third-order valence-electron chi connectivity index (χ3n) is 3.35. The zero-order valence-corrected chi connectivity index (χ0v) is 13.5. The van der Waals surface area contributed by atoms with Crippen LogP contribution in [0.1, 0.15) is 28.3 Å². The van der Waals surface area contributed by atoms with Crippen LogP contribution in [0.5, 0.6) is 0 Å². The monoisotopic (exact) mass is 341 g/mol. The average molecular weight is 341 g/mol. The first kappa shape index (κ1) is 15.1. The number of carbonyl (C=O) groups is 1. The summed E-state index contributed by atoms with van der Waals surface area (Å²) < 4.78 is 26.2. The van der Waals surface area contributed by atoms with Crippen LogP contribution in [0.4, 0.5) is 5.13 Å². The number of aryl methyl sites for hydroxylation is 1. The van der Waals surface area contributed by atoms with Gasteiger partial charge in [-0.3, -0.25) is 10.1 Å². The molecule has 0 unspecified atom stereocenters. The predicted octanol–water partition coefficient (Wildman–Crippen LogP) is 1.21. The van der Waals surface area contributed by atoms with Crippen LogP contribution in [0, 0.1) is 6.92 Å². The summed E-state index contributed by atoms with van der Waals surface area (Å²) in [6.45, 7) is 2.83. The van der Waals surface area contributed by atoms with Gasteiger partial charge in [0.25, 0.3) is 5.91 Å². The van der Waals surface area contributed by atoms with Crippen molar-refractivity contribution in [3.05, 3.63) is 23.0 Å². The molecule has 3 heterocycles. The number of hydrogen-bond acceptors (Lipinski definition) is 6. The van der Waals surface area contributed by atoms with Gasteiger partial charge in [0, 0.05) is 19.3 Å². The lowest BCUT2D eigenvalue weighted by Crippen LogP contribution is -2.27. The summed E-state index contributed by atoms with van der Waals surface area (Å²) in [6, 6.07) is 1.34. The minimum Gasteiger partial charge on any atom is -0.356 e. The van der Waals surface area contributed by atoms with E-state index >= 15 is 0 Å². The van der Waals surface area contributed by atoms with Gasteiger partial charge in [0.1, 0.15) is 15.6 Å².